The molecule has 1 aromatic heterocycles. The number of aryl methyl sites for hydroxylation is 2. The van der Waals surface area contributed by atoms with E-state index >= 15 is 0 Å². The van der Waals surface area contributed by atoms with Gasteiger partial charge in [0.25, 0.3) is 0 Å². The molecular weight excluding hydrogens is 312 g/mol. The Morgan fingerprint density at radius 1 is 1.16 bits per heavy atom. The van der Waals surface area contributed by atoms with E-state index in [2.05, 4.69) is 39.2 Å². The maximum absolute atomic E-state index is 5.30. The van der Waals surface area contributed by atoms with Gasteiger partial charge in [0.05, 0.1) is 13.2 Å². The first kappa shape index (κ1) is 17.7. The summed E-state index contributed by atoms with van der Waals surface area (Å²) in [7, 11) is 1.71. The van der Waals surface area contributed by atoms with Crippen molar-refractivity contribution in [3.05, 3.63) is 47.4 Å². The van der Waals surface area contributed by atoms with Gasteiger partial charge in [-0.05, 0) is 50.6 Å². The molecule has 1 unspecified atom stereocenters. The molecule has 0 saturated carbocycles. The lowest BCUT2D eigenvalue weighted by Crippen LogP contribution is -2.31. The van der Waals surface area contributed by atoms with Crippen LogP contribution in [0.1, 0.15) is 42.9 Å². The minimum Gasteiger partial charge on any atom is -0.497 e. The third-order valence-corrected chi connectivity index (χ3v) is 4.78. The number of hydrogen-bond donors (Lipinski definition) is 1. The fourth-order valence-electron chi connectivity index (χ4n) is 3.42. The lowest BCUT2D eigenvalue weighted by molar-refractivity contribution is 0.255. The molecule has 1 N–H and O–H groups in total. The van der Waals surface area contributed by atoms with Crippen molar-refractivity contribution < 1.29 is 4.74 Å². The number of hydrogen-bond acceptors (Lipinski definition) is 5. The van der Waals surface area contributed by atoms with Crippen LogP contribution >= 0.6 is 0 Å². The minimum atomic E-state index is 0.341. The summed E-state index contributed by atoms with van der Waals surface area (Å²) in [5.41, 5.74) is 2.33. The van der Waals surface area contributed by atoms with Crippen LogP contribution in [0.4, 0.5) is 5.82 Å². The van der Waals surface area contributed by atoms with Crippen LogP contribution in [0, 0.1) is 6.92 Å². The molecule has 0 spiro atoms. The summed E-state index contributed by atoms with van der Waals surface area (Å²) in [5, 5.41) is 3.54. The number of likely N-dealkylation sites (tertiary alicyclic amines) is 1. The highest BCUT2D eigenvalue weighted by atomic mass is 16.5. The van der Waals surface area contributed by atoms with Gasteiger partial charge in [-0.25, -0.2) is 9.97 Å². The Labute approximate surface area is 150 Å². The Morgan fingerprint density at radius 3 is 2.52 bits per heavy atom. The number of benzene rings is 1. The molecule has 1 aliphatic heterocycles. The van der Waals surface area contributed by atoms with E-state index in [0.717, 1.165) is 49.1 Å². The predicted octanol–water partition coefficient (Wildman–Crippen LogP) is 3.61. The Morgan fingerprint density at radius 2 is 1.88 bits per heavy atom. The van der Waals surface area contributed by atoms with Crippen molar-refractivity contribution in [3.63, 3.8) is 0 Å². The molecule has 25 heavy (non-hydrogen) atoms. The molecule has 0 radical (unpaired) electrons. The van der Waals surface area contributed by atoms with Gasteiger partial charge in [-0.2, -0.15) is 0 Å². The van der Waals surface area contributed by atoms with Crippen molar-refractivity contribution in [1.29, 1.82) is 0 Å². The van der Waals surface area contributed by atoms with E-state index in [9.17, 15) is 0 Å². The predicted molar refractivity (Wildman–Crippen MR) is 101 cm³/mol. The molecule has 1 atom stereocenters. The van der Waals surface area contributed by atoms with Crippen molar-refractivity contribution in [2.75, 3.05) is 32.1 Å². The third kappa shape index (κ3) is 4.48. The normalized spacial score (nSPS) is 16.0. The average Bonchev–Trinajstić information content (AvgIpc) is 3.16. The summed E-state index contributed by atoms with van der Waals surface area (Å²) in [5.74, 6) is 2.71. The standard InChI is InChI=1S/C20H28N4O/c1-4-19-22-15(2)13-20(23-19)21-14-18(24-11-5-6-12-24)16-7-9-17(25-3)10-8-16/h7-10,13,18H,4-6,11-12,14H2,1-3H3,(H,21,22,23). The molecule has 5 heteroatoms. The van der Waals surface area contributed by atoms with Crippen LogP contribution in [0.15, 0.2) is 30.3 Å². The van der Waals surface area contributed by atoms with Crippen molar-refractivity contribution in [3.8, 4) is 5.75 Å². The highest BCUT2D eigenvalue weighted by Gasteiger charge is 2.23. The van der Waals surface area contributed by atoms with Gasteiger partial charge >= 0.3 is 0 Å². The SMILES string of the molecule is CCc1nc(C)cc(NCC(c2ccc(OC)cc2)N2CCCC2)n1. The highest BCUT2D eigenvalue weighted by Crippen LogP contribution is 2.27. The Hall–Kier alpha value is -2.14. The smallest absolute Gasteiger partial charge is 0.130 e. The van der Waals surface area contributed by atoms with Gasteiger partial charge in [0, 0.05) is 24.7 Å². The zero-order valence-corrected chi connectivity index (χ0v) is 15.5. The second-order valence-corrected chi connectivity index (χ2v) is 6.58. The lowest BCUT2D eigenvalue weighted by atomic mass is 10.1. The number of methoxy groups -OCH3 is 1. The number of nitrogens with one attached hydrogen (secondary N) is 1. The second-order valence-electron chi connectivity index (χ2n) is 6.58. The van der Waals surface area contributed by atoms with Gasteiger partial charge in [0.2, 0.25) is 0 Å². The average molecular weight is 340 g/mol. The largest absolute Gasteiger partial charge is 0.497 e. The number of ether oxygens (including phenoxy) is 1. The minimum absolute atomic E-state index is 0.341. The van der Waals surface area contributed by atoms with Crippen molar-refractivity contribution in [1.82, 2.24) is 14.9 Å². The van der Waals surface area contributed by atoms with Crippen LogP contribution < -0.4 is 10.1 Å². The van der Waals surface area contributed by atoms with Gasteiger partial charge in [0.15, 0.2) is 0 Å². The van der Waals surface area contributed by atoms with Crippen LogP contribution in [0.2, 0.25) is 0 Å². The van der Waals surface area contributed by atoms with Gasteiger partial charge in [0.1, 0.15) is 17.4 Å². The number of aromatic nitrogens is 2. The van der Waals surface area contributed by atoms with E-state index in [0.29, 0.717) is 6.04 Å². The summed E-state index contributed by atoms with van der Waals surface area (Å²) < 4.78 is 5.30. The summed E-state index contributed by atoms with van der Waals surface area (Å²) in [6, 6.07) is 10.8. The molecule has 0 bridgehead atoms. The molecule has 5 nitrogen and oxygen atoms in total. The number of rotatable bonds is 7. The Bertz CT molecular complexity index is 681. The van der Waals surface area contributed by atoms with E-state index in [1.165, 1.54) is 18.4 Å². The summed E-state index contributed by atoms with van der Waals surface area (Å²) >= 11 is 0. The number of anilines is 1. The molecule has 1 saturated heterocycles. The van der Waals surface area contributed by atoms with Gasteiger partial charge in [-0.3, -0.25) is 4.90 Å². The molecule has 134 valence electrons. The van der Waals surface area contributed by atoms with Gasteiger partial charge in [-0.15, -0.1) is 0 Å². The van der Waals surface area contributed by atoms with E-state index < -0.39 is 0 Å². The molecule has 1 aromatic carbocycles. The molecule has 1 aliphatic rings. The van der Waals surface area contributed by atoms with Crippen LogP contribution in [-0.2, 0) is 6.42 Å². The monoisotopic (exact) mass is 340 g/mol. The van der Waals surface area contributed by atoms with Crippen LogP contribution in [-0.4, -0.2) is 41.6 Å². The quantitative estimate of drug-likeness (QED) is 0.834. The van der Waals surface area contributed by atoms with Gasteiger partial charge < -0.3 is 10.1 Å². The molecule has 2 aromatic rings. The van der Waals surface area contributed by atoms with Crippen LogP contribution in [0.25, 0.3) is 0 Å². The molecule has 0 aliphatic carbocycles. The first-order valence-corrected chi connectivity index (χ1v) is 9.16. The fraction of sp³-hybridized carbons (Fsp3) is 0.500. The third-order valence-electron chi connectivity index (χ3n) is 4.78. The summed E-state index contributed by atoms with van der Waals surface area (Å²) in [6.07, 6.45) is 3.41. The van der Waals surface area contributed by atoms with Crippen LogP contribution in [0.3, 0.4) is 0 Å². The maximum Gasteiger partial charge on any atom is 0.130 e. The van der Waals surface area contributed by atoms with E-state index in [4.69, 9.17) is 4.74 Å². The van der Waals surface area contributed by atoms with E-state index in [-0.39, 0.29) is 0 Å². The summed E-state index contributed by atoms with van der Waals surface area (Å²) in [4.78, 5) is 11.6. The first-order valence-electron chi connectivity index (χ1n) is 9.16. The van der Waals surface area contributed by atoms with Crippen LogP contribution in [0.5, 0.6) is 5.75 Å². The van der Waals surface area contributed by atoms with Gasteiger partial charge in [-0.1, -0.05) is 19.1 Å². The number of nitrogens with zero attached hydrogens (tertiary/aromatic N) is 3. The highest BCUT2D eigenvalue weighted by molar-refractivity contribution is 5.37. The maximum atomic E-state index is 5.30. The second kappa shape index (κ2) is 8.30. The molecule has 0 amide bonds. The summed E-state index contributed by atoms with van der Waals surface area (Å²) in [6.45, 7) is 7.26. The van der Waals surface area contributed by atoms with E-state index in [1.54, 1.807) is 7.11 Å². The van der Waals surface area contributed by atoms with Crippen molar-refractivity contribution in [2.45, 2.75) is 39.2 Å². The zero-order chi connectivity index (χ0) is 17.6. The topological polar surface area (TPSA) is 50.3 Å². The first-order chi connectivity index (χ1) is 12.2. The molecule has 1 fully saturated rings. The lowest BCUT2D eigenvalue weighted by Gasteiger charge is -2.28. The fourth-order valence-corrected chi connectivity index (χ4v) is 3.42. The molecule has 3 rings (SSSR count). The molecular formula is C20H28N4O. The Balaban J connectivity index is 1.76. The Kier molecular flexibility index (Phi) is 5.87. The van der Waals surface area contributed by atoms with Crippen molar-refractivity contribution >= 4 is 5.82 Å². The molecule has 2 heterocycles. The van der Waals surface area contributed by atoms with E-state index in [1.807, 2.05) is 25.1 Å². The van der Waals surface area contributed by atoms with Crippen molar-refractivity contribution in [2.24, 2.45) is 0 Å². The zero-order valence-electron chi connectivity index (χ0n) is 15.5.